The SMILES string of the molecule is CC12c3ccccc3C(C)(c3ccccc31)[C@H]1C(=O)N(c3cccc(Cl)c3Cl)C(=O)[C@H]12. The van der Waals surface area contributed by atoms with Crippen LogP contribution in [-0.2, 0) is 20.4 Å². The van der Waals surface area contributed by atoms with E-state index in [2.05, 4.69) is 38.1 Å². The van der Waals surface area contributed by atoms with Gasteiger partial charge in [0.05, 0.1) is 27.6 Å². The first kappa shape index (κ1) is 19.1. The Kier molecular flexibility index (Phi) is 3.69. The summed E-state index contributed by atoms with van der Waals surface area (Å²) >= 11 is 12.7. The first-order valence-corrected chi connectivity index (χ1v) is 11.1. The predicted molar refractivity (Wildman–Crippen MR) is 122 cm³/mol. The van der Waals surface area contributed by atoms with Crippen LogP contribution in [0.3, 0.4) is 0 Å². The summed E-state index contributed by atoms with van der Waals surface area (Å²) in [5.74, 6) is -1.44. The summed E-state index contributed by atoms with van der Waals surface area (Å²) in [6, 6.07) is 21.5. The second kappa shape index (κ2) is 5.99. The van der Waals surface area contributed by atoms with Gasteiger partial charge in [-0.3, -0.25) is 9.59 Å². The fourth-order valence-corrected chi connectivity index (χ4v) is 6.85. The van der Waals surface area contributed by atoms with Crippen LogP contribution in [0.15, 0.2) is 66.7 Å². The van der Waals surface area contributed by atoms with Gasteiger partial charge in [0.15, 0.2) is 0 Å². The summed E-state index contributed by atoms with van der Waals surface area (Å²) in [4.78, 5) is 29.2. The normalized spacial score (nSPS) is 30.3. The highest BCUT2D eigenvalue weighted by Crippen LogP contribution is 2.66. The quantitative estimate of drug-likeness (QED) is 0.446. The maximum Gasteiger partial charge on any atom is 0.239 e. The first-order chi connectivity index (χ1) is 14.8. The van der Waals surface area contributed by atoms with E-state index >= 15 is 0 Å². The van der Waals surface area contributed by atoms with E-state index in [0.29, 0.717) is 10.7 Å². The van der Waals surface area contributed by atoms with Crippen LogP contribution < -0.4 is 4.90 Å². The summed E-state index contributed by atoms with van der Waals surface area (Å²) in [5, 5.41) is 0.545. The molecule has 2 bridgehead atoms. The molecule has 2 amide bonds. The highest BCUT2D eigenvalue weighted by Gasteiger charge is 2.70. The summed E-state index contributed by atoms with van der Waals surface area (Å²) in [7, 11) is 0. The van der Waals surface area contributed by atoms with E-state index in [0.717, 1.165) is 22.3 Å². The Bertz CT molecular complexity index is 1190. The van der Waals surface area contributed by atoms with E-state index in [1.807, 2.05) is 24.3 Å². The molecule has 3 nitrogen and oxygen atoms in total. The molecule has 0 N–H and O–H groups in total. The number of hydrogen-bond acceptors (Lipinski definition) is 2. The average molecular weight is 448 g/mol. The summed E-state index contributed by atoms with van der Waals surface area (Å²) in [6.07, 6.45) is 0. The average Bonchev–Trinajstić information content (AvgIpc) is 3.05. The van der Waals surface area contributed by atoms with Crippen molar-refractivity contribution in [2.75, 3.05) is 4.90 Å². The minimum Gasteiger partial charge on any atom is -0.274 e. The maximum absolute atomic E-state index is 14.0. The maximum atomic E-state index is 14.0. The third-order valence-corrected chi connectivity index (χ3v) is 8.62. The first-order valence-electron chi connectivity index (χ1n) is 10.3. The Balaban J connectivity index is 1.67. The Morgan fingerprint density at radius 3 is 1.52 bits per heavy atom. The van der Waals surface area contributed by atoms with Crippen molar-refractivity contribution in [3.63, 3.8) is 0 Å². The third-order valence-electron chi connectivity index (χ3n) is 7.81. The zero-order valence-corrected chi connectivity index (χ0v) is 18.5. The van der Waals surface area contributed by atoms with E-state index in [1.165, 1.54) is 4.90 Å². The van der Waals surface area contributed by atoms with Gasteiger partial charge in [0.25, 0.3) is 0 Å². The van der Waals surface area contributed by atoms with E-state index in [-0.39, 0.29) is 16.8 Å². The fraction of sp³-hybridized carbons (Fsp3) is 0.231. The van der Waals surface area contributed by atoms with Crippen molar-refractivity contribution in [1.29, 1.82) is 0 Å². The molecule has 7 rings (SSSR count). The third kappa shape index (κ3) is 2.02. The molecule has 0 saturated carbocycles. The molecule has 0 spiro atoms. The van der Waals surface area contributed by atoms with Gasteiger partial charge in [-0.2, -0.15) is 0 Å². The lowest BCUT2D eigenvalue weighted by Crippen LogP contribution is -2.59. The van der Waals surface area contributed by atoms with Gasteiger partial charge in [0.2, 0.25) is 11.8 Å². The Morgan fingerprint density at radius 2 is 1.10 bits per heavy atom. The molecular formula is C26H19Cl2NO2. The molecule has 154 valence electrons. The molecule has 1 aliphatic heterocycles. The zero-order chi connectivity index (χ0) is 21.7. The molecule has 4 aliphatic rings. The number of rotatable bonds is 1. The van der Waals surface area contributed by atoms with E-state index < -0.39 is 22.7 Å². The predicted octanol–water partition coefficient (Wildman–Crippen LogP) is 5.74. The smallest absolute Gasteiger partial charge is 0.239 e. The molecule has 3 aromatic carbocycles. The molecule has 1 heterocycles. The van der Waals surface area contributed by atoms with Crippen molar-refractivity contribution in [2.45, 2.75) is 24.7 Å². The van der Waals surface area contributed by atoms with Gasteiger partial charge in [0.1, 0.15) is 0 Å². The van der Waals surface area contributed by atoms with Gasteiger partial charge >= 0.3 is 0 Å². The van der Waals surface area contributed by atoms with Crippen molar-refractivity contribution in [1.82, 2.24) is 0 Å². The minimum atomic E-state index is -0.609. The summed E-state index contributed by atoms with van der Waals surface area (Å²) < 4.78 is 0. The van der Waals surface area contributed by atoms with Gasteiger partial charge in [-0.25, -0.2) is 4.90 Å². The van der Waals surface area contributed by atoms with E-state index in [4.69, 9.17) is 23.2 Å². The Morgan fingerprint density at radius 1 is 0.677 bits per heavy atom. The summed E-state index contributed by atoms with van der Waals surface area (Å²) in [6.45, 7) is 4.21. The lowest BCUT2D eigenvalue weighted by molar-refractivity contribution is -0.124. The topological polar surface area (TPSA) is 37.4 Å². The molecule has 3 aromatic rings. The molecule has 2 atom stereocenters. The number of nitrogens with zero attached hydrogens (tertiary/aromatic N) is 1. The second-order valence-electron chi connectivity index (χ2n) is 9.04. The van der Waals surface area contributed by atoms with Crippen LogP contribution in [0.5, 0.6) is 0 Å². The van der Waals surface area contributed by atoms with E-state index in [9.17, 15) is 9.59 Å². The summed E-state index contributed by atoms with van der Waals surface area (Å²) in [5.41, 5.74) is 3.63. The van der Waals surface area contributed by atoms with Crippen LogP contribution in [0.25, 0.3) is 0 Å². The van der Waals surface area contributed by atoms with Crippen LogP contribution in [0.2, 0.25) is 10.0 Å². The van der Waals surface area contributed by atoms with Crippen molar-refractivity contribution >= 4 is 40.7 Å². The lowest BCUT2D eigenvalue weighted by Gasteiger charge is -2.57. The van der Waals surface area contributed by atoms with Gasteiger partial charge < -0.3 is 0 Å². The molecule has 5 heteroatoms. The van der Waals surface area contributed by atoms with Crippen LogP contribution in [-0.4, -0.2) is 11.8 Å². The number of carbonyl (C=O) groups is 2. The number of amides is 2. The minimum absolute atomic E-state index is 0.211. The molecule has 1 fully saturated rings. The fourth-order valence-electron chi connectivity index (χ4n) is 6.47. The molecule has 31 heavy (non-hydrogen) atoms. The van der Waals surface area contributed by atoms with Gasteiger partial charge in [-0.05, 0) is 34.4 Å². The van der Waals surface area contributed by atoms with Crippen molar-refractivity contribution in [2.24, 2.45) is 11.8 Å². The highest BCUT2D eigenvalue weighted by molar-refractivity contribution is 6.45. The lowest BCUT2D eigenvalue weighted by atomic mass is 9.42. The second-order valence-corrected chi connectivity index (χ2v) is 9.82. The standard InChI is InChI=1S/C26H19Cl2NO2/c1-25-14-8-3-5-10-16(14)26(2,17-11-6-4-9-15(17)25)21-20(25)23(30)29(24(21)31)19-13-7-12-18(27)22(19)28/h3-13,20-21H,1-2H3/t20-,21+,25?,26?. The van der Waals surface area contributed by atoms with Crippen LogP contribution in [0.4, 0.5) is 5.69 Å². The van der Waals surface area contributed by atoms with Gasteiger partial charge in [-0.15, -0.1) is 0 Å². The highest BCUT2D eigenvalue weighted by atomic mass is 35.5. The molecule has 3 aliphatic carbocycles. The van der Waals surface area contributed by atoms with Crippen molar-refractivity contribution in [3.8, 4) is 0 Å². The number of benzene rings is 3. The van der Waals surface area contributed by atoms with Gasteiger partial charge in [-0.1, -0.05) is 91.6 Å². The Hall–Kier alpha value is -2.62. The Labute approximate surface area is 190 Å². The molecular weight excluding hydrogens is 429 g/mol. The molecule has 0 radical (unpaired) electrons. The molecule has 1 saturated heterocycles. The van der Waals surface area contributed by atoms with Crippen LogP contribution in [0.1, 0.15) is 36.1 Å². The van der Waals surface area contributed by atoms with Crippen LogP contribution in [0, 0.1) is 11.8 Å². The zero-order valence-electron chi connectivity index (χ0n) is 17.0. The monoisotopic (exact) mass is 447 g/mol. The number of halogens is 2. The molecule has 0 unspecified atom stereocenters. The van der Waals surface area contributed by atoms with E-state index in [1.54, 1.807) is 18.2 Å². The van der Waals surface area contributed by atoms with Crippen molar-refractivity contribution < 1.29 is 9.59 Å². The molecule has 0 aromatic heterocycles. The number of carbonyl (C=O) groups excluding carboxylic acids is 2. The number of anilines is 1. The van der Waals surface area contributed by atoms with Gasteiger partial charge in [0, 0.05) is 10.8 Å². The van der Waals surface area contributed by atoms with Crippen LogP contribution >= 0.6 is 23.2 Å². The number of hydrogen-bond donors (Lipinski definition) is 0. The van der Waals surface area contributed by atoms with Crippen molar-refractivity contribution in [3.05, 3.63) is 99.0 Å². The largest absolute Gasteiger partial charge is 0.274 e. The number of imide groups is 1.